The van der Waals surface area contributed by atoms with Crippen LogP contribution in [-0.4, -0.2) is 32.8 Å². The highest BCUT2D eigenvalue weighted by Crippen LogP contribution is 2.16. The first kappa shape index (κ1) is 13.3. The highest BCUT2D eigenvalue weighted by Gasteiger charge is 2.10. The van der Waals surface area contributed by atoms with Gasteiger partial charge in [-0.2, -0.15) is 0 Å². The number of hydrogen-bond acceptors (Lipinski definition) is 3. The summed E-state index contributed by atoms with van der Waals surface area (Å²) in [6.45, 7) is 3.83. The Morgan fingerprint density at radius 1 is 1.37 bits per heavy atom. The predicted molar refractivity (Wildman–Crippen MR) is 75.0 cm³/mol. The van der Waals surface area contributed by atoms with Crippen LogP contribution in [0.25, 0.3) is 10.4 Å². The van der Waals surface area contributed by atoms with Gasteiger partial charge in [-0.05, 0) is 23.7 Å². The first-order valence-electron chi connectivity index (χ1n) is 6.32. The van der Waals surface area contributed by atoms with Crippen LogP contribution in [0.4, 0.5) is 5.69 Å². The van der Waals surface area contributed by atoms with Crippen molar-refractivity contribution in [3.63, 3.8) is 0 Å². The molecule has 1 heterocycles. The molecule has 0 N–H and O–H groups in total. The van der Waals surface area contributed by atoms with E-state index in [0.717, 1.165) is 31.9 Å². The number of rotatable bonds is 3. The van der Waals surface area contributed by atoms with Gasteiger partial charge in [-0.1, -0.05) is 23.0 Å². The second-order valence-electron chi connectivity index (χ2n) is 4.16. The maximum Gasteiger partial charge on any atom is 0.0642 e. The molecule has 5 heteroatoms. The van der Waals surface area contributed by atoms with Crippen LogP contribution in [0.15, 0.2) is 29.4 Å². The lowest BCUT2D eigenvalue weighted by Gasteiger charge is -2.28. The summed E-state index contributed by atoms with van der Waals surface area (Å²) in [6, 6.07) is 8.19. The second-order valence-corrected chi connectivity index (χ2v) is 4.16. The van der Waals surface area contributed by atoms with Gasteiger partial charge >= 0.3 is 0 Å². The maximum atomic E-state index is 8.16. The van der Waals surface area contributed by atoms with E-state index in [1.54, 1.807) is 0 Å². The van der Waals surface area contributed by atoms with E-state index in [4.69, 9.17) is 10.3 Å². The molecule has 0 spiro atoms. The van der Waals surface area contributed by atoms with Crippen LogP contribution < -0.4 is 4.90 Å². The molecule has 1 aromatic carbocycles. The van der Waals surface area contributed by atoms with Gasteiger partial charge in [0.25, 0.3) is 0 Å². The summed E-state index contributed by atoms with van der Waals surface area (Å²) in [4.78, 5) is 4.99. The van der Waals surface area contributed by atoms with E-state index in [1.165, 1.54) is 5.69 Å². The highest BCUT2D eigenvalue weighted by atomic mass is 16.5. The molecule has 0 radical (unpaired) electrons. The molecule has 0 atom stereocenters. The third-order valence-electron chi connectivity index (χ3n) is 2.86. The topological polar surface area (TPSA) is 61.2 Å². The zero-order valence-electron chi connectivity index (χ0n) is 10.7. The molecule has 19 heavy (non-hydrogen) atoms. The smallest absolute Gasteiger partial charge is 0.0642 e. The minimum absolute atomic E-state index is 0.423. The van der Waals surface area contributed by atoms with Crippen molar-refractivity contribution in [1.82, 2.24) is 0 Å². The van der Waals surface area contributed by atoms with Crippen molar-refractivity contribution in [2.24, 2.45) is 5.11 Å². The Kier molecular flexibility index (Phi) is 5.12. The van der Waals surface area contributed by atoms with E-state index in [2.05, 4.69) is 38.9 Å². The van der Waals surface area contributed by atoms with Crippen LogP contribution in [0, 0.1) is 11.8 Å². The van der Waals surface area contributed by atoms with Gasteiger partial charge in [0, 0.05) is 42.2 Å². The van der Waals surface area contributed by atoms with Crippen molar-refractivity contribution in [2.75, 3.05) is 37.7 Å². The van der Waals surface area contributed by atoms with Crippen LogP contribution in [0.1, 0.15) is 12.0 Å². The average molecular weight is 256 g/mol. The molecule has 1 saturated heterocycles. The van der Waals surface area contributed by atoms with Crippen LogP contribution in [0.3, 0.4) is 0 Å². The maximum absolute atomic E-state index is 8.16. The predicted octanol–water partition coefficient (Wildman–Crippen LogP) is 2.58. The van der Waals surface area contributed by atoms with Crippen molar-refractivity contribution in [3.8, 4) is 11.8 Å². The quantitative estimate of drug-likeness (QED) is 0.274. The van der Waals surface area contributed by atoms with Crippen LogP contribution in [-0.2, 0) is 4.74 Å². The van der Waals surface area contributed by atoms with E-state index < -0.39 is 0 Å². The monoisotopic (exact) mass is 256 g/mol. The lowest BCUT2D eigenvalue weighted by atomic mass is 10.2. The number of benzene rings is 1. The minimum Gasteiger partial charge on any atom is -0.378 e. The van der Waals surface area contributed by atoms with E-state index in [-0.39, 0.29) is 0 Å². The Bertz CT molecular complexity index is 520. The van der Waals surface area contributed by atoms with Crippen LogP contribution >= 0.6 is 0 Å². The summed E-state index contributed by atoms with van der Waals surface area (Å²) in [5.74, 6) is 6.10. The fourth-order valence-electron chi connectivity index (χ4n) is 1.92. The van der Waals surface area contributed by atoms with Crippen molar-refractivity contribution in [2.45, 2.75) is 6.42 Å². The Morgan fingerprint density at radius 3 is 3.00 bits per heavy atom. The largest absolute Gasteiger partial charge is 0.378 e. The average Bonchev–Trinajstić information content (AvgIpc) is 2.48. The van der Waals surface area contributed by atoms with Gasteiger partial charge in [-0.15, -0.1) is 0 Å². The van der Waals surface area contributed by atoms with Gasteiger partial charge < -0.3 is 9.64 Å². The number of ether oxygens (including phenoxy) is 1. The molecule has 0 bridgehead atoms. The molecule has 0 amide bonds. The summed E-state index contributed by atoms with van der Waals surface area (Å²) >= 11 is 0. The van der Waals surface area contributed by atoms with Gasteiger partial charge in [0.15, 0.2) is 0 Å². The molecule has 2 rings (SSSR count). The Hall–Kier alpha value is -2.15. The molecular formula is C14H16N4O. The third kappa shape index (κ3) is 4.22. The van der Waals surface area contributed by atoms with Crippen molar-refractivity contribution < 1.29 is 4.74 Å². The van der Waals surface area contributed by atoms with E-state index in [0.29, 0.717) is 13.0 Å². The molecule has 1 aliphatic rings. The first-order valence-corrected chi connectivity index (χ1v) is 6.32. The van der Waals surface area contributed by atoms with Crippen LogP contribution in [0.5, 0.6) is 0 Å². The molecule has 0 saturated carbocycles. The molecule has 0 unspecified atom stereocenters. The second kappa shape index (κ2) is 7.32. The zero-order valence-corrected chi connectivity index (χ0v) is 10.7. The summed E-state index contributed by atoms with van der Waals surface area (Å²) in [7, 11) is 0. The van der Waals surface area contributed by atoms with Crippen molar-refractivity contribution in [3.05, 3.63) is 40.3 Å². The van der Waals surface area contributed by atoms with Gasteiger partial charge in [0.2, 0.25) is 0 Å². The SMILES string of the molecule is [N-]=[N+]=NCCC#Cc1cccc(N2CCOCC2)c1. The Balaban J connectivity index is 1.99. The van der Waals surface area contributed by atoms with E-state index in [9.17, 15) is 0 Å². The van der Waals surface area contributed by atoms with Gasteiger partial charge in [0.1, 0.15) is 0 Å². The van der Waals surface area contributed by atoms with Gasteiger partial charge in [-0.3, -0.25) is 0 Å². The summed E-state index contributed by atoms with van der Waals surface area (Å²) in [5.41, 5.74) is 10.3. The first-order chi connectivity index (χ1) is 9.40. The van der Waals surface area contributed by atoms with Crippen molar-refractivity contribution >= 4 is 5.69 Å². The van der Waals surface area contributed by atoms with Gasteiger partial charge in [-0.25, -0.2) is 0 Å². The highest BCUT2D eigenvalue weighted by molar-refractivity contribution is 5.52. The number of morpholine rings is 1. The van der Waals surface area contributed by atoms with E-state index >= 15 is 0 Å². The Labute approximate surface area is 112 Å². The minimum atomic E-state index is 0.423. The fourth-order valence-corrected chi connectivity index (χ4v) is 1.92. The van der Waals surface area contributed by atoms with Crippen LogP contribution in [0.2, 0.25) is 0 Å². The summed E-state index contributed by atoms with van der Waals surface area (Å²) < 4.78 is 5.34. The third-order valence-corrected chi connectivity index (χ3v) is 2.86. The summed E-state index contributed by atoms with van der Waals surface area (Å²) in [5, 5.41) is 3.45. The summed E-state index contributed by atoms with van der Waals surface area (Å²) in [6.07, 6.45) is 0.589. The standard InChI is InChI=1S/C14H16N4O/c15-17-16-7-2-1-4-13-5-3-6-14(12-13)18-8-10-19-11-9-18/h3,5-6,12H,2,7-11H2. The molecule has 0 aromatic heterocycles. The normalized spacial score (nSPS) is 14.2. The molecule has 5 nitrogen and oxygen atoms in total. The van der Waals surface area contributed by atoms with Crippen molar-refractivity contribution in [1.29, 1.82) is 0 Å². The molecule has 0 aliphatic carbocycles. The Morgan fingerprint density at radius 2 is 2.21 bits per heavy atom. The number of azide groups is 1. The molecule has 98 valence electrons. The fraction of sp³-hybridized carbons (Fsp3) is 0.429. The molecule has 1 aromatic rings. The number of nitrogens with zero attached hydrogens (tertiary/aromatic N) is 4. The molecule has 1 aliphatic heterocycles. The number of anilines is 1. The lowest BCUT2D eigenvalue weighted by Crippen LogP contribution is -2.36. The lowest BCUT2D eigenvalue weighted by molar-refractivity contribution is 0.122. The van der Waals surface area contributed by atoms with E-state index in [1.807, 2.05) is 12.1 Å². The number of hydrogen-bond donors (Lipinski definition) is 0. The zero-order chi connectivity index (χ0) is 13.3. The molecule has 1 fully saturated rings. The van der Waals surface area contributed by atoms with Gasteiger partial charge in [0.05, 0.1) is 13.2 Å². The molecular weight excluding hydrogens is 240 g/mol.